The van der Waals surface area contributed by atoms with Gasteiger partial charge in [-0.2, -0.15) is 5.26 Å². The zero-order valence-corrected chi connectivity index (χ0v) is 24.9. The van der Waals surface area contributed by atoms with Crippen LogP contribution in [0.2, 0.25) is 0 Å². The summed E-state index contributed by atoms with van der Waals surface area (Å²) in [7, 11) is 0. The Morgan fingerprint density at radius 1 is 0.444 bits per heavy atom. The molecular weight excluding hydrogens is 569 g/mol. The third kappa shape index (κ3) is 5.04. The van der Waals surface area contributed by atoms with Crippen LogP contribution < -0.4 is 0 Å². The van der Waals surface area contributed by atoms with Gasteiger partial charge in [0.1, 0.15) is 0 Å². The molecule has 0 aliphatic rings. The third-order valence-electron chi connectivity index (χ3n) is 7.98. The number of nitrogens with zero attached hydrogens (tertiary/aromatic N) is 4. The molecular formula is C40H24N4S. The lowest BCUT2D eigenvalue weighted by Gasteiger charge is -2.09. The Labute approximate surface area is 264 Å². The van der Waals surface area contributed by atoms with Crippen molar-refractivity contribution in [3.8, 4) is 62.5 Å². The molecule has 0 aliphatic carbocycles. The standard InChI is InChI=1S/C40H24N4S/c41-25-26-9-7-14-31(23-26)27-17-19-30(20-18-27)39-42-38(29-12-5-2-6-13-29)43-40(44-39)32-21-22-34-36(24-32)45-35-16-8-15-33(37(34)35)28-10-3-1-4-11-28/h1-24H. The SMILES string of the molecule is N#Cc1cccc(-c2ccc(-c3nc(-c4ccccc4)nc(-c4ccc5c(c4)sc4cccc(-c6ccccc6)c45)n3)cc2)c1. The van der Waals surface area contributed by atoms with Gasteiger partial charge < -0.3 is 0 Å². The Bertz CT molecular complexity index is 2370. The predicted molar refractivity (Wildman–Crippen MR) is 185 cm³/mol. The van der Waals surface area contributed by atoms with Gasteiger partial charge in [-0.15, -0.1) is 11.3 Å². The fourth-order valence-corrected chi connectivity index (χ4v) is 6.93. The molecule has 5 heteroatoms. The van der Waals surface area contributed by atoms with Crippen LogP contribution in [0.25, 0.3) is 76.6 Å². The minimum Gasteiger partial charge on any atom is -0.208 e. The largest absolute Gasteiger partial charge is 0.208 e. The third-order valence-corrected chi connectivity index (χ3v) is 9.09. The summed E-state index contributed by atoms with van der Waals surface area (Å²) in [4.78, 5) is 14.9. The van der Waals surface area contributed by atoms with Crippen molar-refractivity contribution >= 4 is 31.5 Å². The molecule has 0 amide bonds. The molecule has 2 heterocycles. The Balaban J connectivity index is 1.24. The molecule has 4 nitrogen and oxygen atoms in total. The first-order valence-electron chi connectivity index (χ1n) is 14.7. The van der Waals surface area contributed by atoms with Crippen molar-refractivity contribution in [3.63, 3.8) is 0 Å². The number of nitriles is 1. The zero-order chi connectivity index (χ0) is 30.2. The smallest absolute Gasteiger partial charge is 0.164 e. The highest BCUT2D eigenvalue weighted by Gasteiger charge is 2.16. The Morgan fingerprint density at radius 3 is 1.73 bits per heavy atom. The maximum atomic E-state index is 9.32. The second kappa shape index (κ2) is 11.3. The van der Waals surface area contributed by atoms with Crippen LogP contribution in [0.3, 0.4) is 0 Å². The lowest BCUT2D eigenvalue weighted by atomic mass is 9.99. The molecule has 0 fully saturated rings. The molecule has 0 unspecified atom stereocenters. The second-order valence-corrected chi connectivity index (χ2v) is 11.9. The summed E-state index contributed by atoms with van der Waals surface area (Å²) in [5, 5.41) is 11.8. The van der Waals surface area contributed by atoms with Gasteiger partial charge in [-0.3, -0.25) is 0 Å². The Morgan fingerprint density at radius 2 is 1.02 bits per heavy atom. The molecule has 0 saturated heterocycles. The summed E-state index contributed by atoms with van der Waals surface area (Å²) in [5.41, 5.74) is 7.88. The Kier molecular flexibility index (Phi) is 6.68. The van der Waals surface area contributed by atoms with Crippen LogP contribution in [0.1, 0.15) is 5.56 Å². The van der Waals surface area contributed by atoms with Gasteiger partial charge in [0.15, 0.2) is 17.5 Å². The summed E-state index contributed by atoms with van der Waals surface area (Å²) in [6.45, 7) is 0. The van der Waals surface area contributed by atoms with Crippen LogP contribution in [0, 0.1) is 11.3 Å². The van der Waals surface area contributed by atoms with Gasteiger partial charge in [0.25, 0.3) is 0 Å². The molecule has 0 aliphatic heterocycles. The van der Waals surface area contributed by atoms with Crippen LogP contribution in [-0.2, 0) is 0 Å². The van der Waals surface area contributed by atoms with Crippen molar-refractivity contribution in [1.82, 2.24) is 15.0 Å². The van der Waals surface area contributed by atoms with E-state index in [9.17, 15) is 5.26 Å². The number of rotatable bonds is 5. The van der Waals surface area contributed by atoms with Crippen molar-refractivity contribution in [2.24, 2.45) is 0 Å². The highest BCUT2D eigenvalue weighted by Crippen LogP contribution is 2.41. The van der Waals surface area contributed by atoms with Crippen molar-refractivity contribution in [3.05, 3.63) is 151 Å². The lowest BCUT2D eigenvalue weighted by Crippen LogP contribution is -2.00. The quantitative estimate of drug-likeness (QED) is 0.199. The number of hydrogen-bond acceptors (Lipinski definition) is 5. The van der Waals surface area contributed by atoms with Crippen molar-refractivity contribution in [1.29, 1.82) is 5.26 Å². The summed E-state index contributed by atoms with van der Waals surface area (Å²) >= 11 is 1.79. The molecule has 8 rings (SSSR count). The molecule has 6 aromatic carbocycles. The van der Waals surface area contributed by atoms with E-state index >= 15 is 0 Å². The molecule has 0 bridgehead atoms. The van der Waals surface area contributed by atoms with Crippen LogP contribution in [-0.4, -0.2) is 15.0 Å². The van der Waals surface area contributed by atoms with E-state index in [0.29, 0.717) is 23.0 Å². The minimum atomic E-state index is 0.610. The van der Waals surface area contributed by atoms with E-state index in [1.807, 2.05) is 78.9 Å². The van der Waals surface area contributed by atoms with E-state index in [2.05, 4.69) is 72.8 Å². The second-order valence-electron chi connectivity index (χ2n) is 10.8. The molecule has 0 radical (unpaired) electrons. The molecule has 210 valence electrons. The van der Waals surface area contributed by atoms with Gasteiger partial charge in [-0.25, -0.2) is 15.0 Å². The van der Waals surface area contributed by atoms with Crippen molar-refractivity contribution < 1.29 is 0 Å². The van der Waals surface area contributed by atoms with Gasteiger partial charge in [0, 0.05) is 36.9 Å². The first-order chi connectivity index (χ1) is 22.2. The van der Waals surface area contributed by atoms with Crippen LogP contribution >= 0.6 is 11.3 Å². The molecule has 0 atom stereocenters. The molecule has 2 aromatic heterocycles. The first-order valence-corrected chi connectivity index (χ1v) is 15.5. The van der Waals surface area contributed by atoms with E-state index in [1.54, 1.807) is 11.3 Å². The fraction of sp³-hybridized carbons (Fsp3) is 0. The van der Waals surface area contributed by atoms with E-state index in [0.717, 1.165) is 27.8 Å². The van der Waals surface area contributed by atoms with E-state index in [4.69, 9.17) is 15.0 Å². The average molecular weight is 593 g/mol. The van der Waals surface area contributed by atoms with Crippen LogP contribution in [0.4, 0.5) is 0 Å². The monoisotopic (exact) mass is 592 g/mol. The zero-order valence-electron chi connectivity index (χ0n) is 24.1. The van der Waals surface area contributed by atoms with Gasteiger partial charge in [0.05, 0.1) is 11.6 Å². The van der Waals surface area contributed by atoms with Gasteiger partial charge in [0.2, 0.25) is 0 Å². The van der Waals surface area contributed by atoms with E-state index in [-0.39, 0.29) is 0 Å². The highest BCUT2D eigenvalue weighted by atomic mass is 32.1. The summed E-state index contributed by atoms with van der Waals surface area (Å²) in [6.07, 6.45) is 0. The minimum absolute atomic E-state index is 0.610. The fourth-order valence-electron chi connectivity index (χ4n) is 5.75. The number of benzene rings is 6. The molecule has 0 saturated carbocycles. The Hall–Kier alpha value is -5.96. The maximum absolute atomic E-state index is 9.32. The van der Waals surface area contributed by atoms with Gasteiger partial charge in [-0.05, 0) is 46.5 Å². The lowest BCUT2D eigenvalue weighted by molar-refractivity contribution is 1.07. The molecule has 0 N–H and O–H groups in total. The van der Waals surface area contributed by atoms with Crippen molar-refractivity contribution in [2.45, 2.75) is 0 Å². The maximum Gasteiger partial charge on any atom is 0.164 e. The van der Waals surface area contributed by atoms with E-state index in [1.165, 1.54) is 31.3 Å². The van der Waals surface area contributed by atoms with Crippen LogP contribution in [0.15, 0.2) is 146 Å². The normalized spacial score (nSPS) is 11.1. The number of hydrogen-bond donors (Lipinski definition) is 0. The van der Waals surface area contributed by atoms with Crippen molar-refractivity contribution in [2.75, 3.05) is 0 Å². The van der Waals surface area contributed by atoms with Crippen LogP contribution in [0.5, 0.6) is 0 Å². The number of thiophene rings is 1. The summed E-state index contributed by atoms with van der Waals surface area (Å²) < 4.78 is 2.45. The first kappa shape index (κ1) is 26.7. The van der Waals surface area contributed by atoms with E-state index < -0.39 is 0 Å². The molecule has 8 aromatic rings. The highest BCUT2D eigenvalue weighted by molar-refractivity contribution is 7.26. The topological polar surface area (TPSA) is 62.5 Å². The van der Waals surface area contributed by atoms with Gasteiger partial charge >= 0.3 is 0 Å². The number of fused-ring (bicyclic) bond motifs is 3. The van der Waals surface area contributed by atoms with Gasteiger partial charge in [-0.1, -0.05) is 121 Å². The molecule has 45 heavy (non-hydrogen) atoms. The number of aromatic nitrogens is 3. The predicted octanol–water partition coefficient (Wildman–Crippen LogP) is 10.4. The molecule has 0 spiro atoms. The average Bonchev–Trinajstić information content (AvgIpc) is 3.50. The summed E-state index contributed by atoms with van der Waals surface area (Å²) in [5.74, 6) is 1.87. The summed E-state index contributed by atoms with van der Waals surface area (Å²) in [6, 6.07) is 51.6.